The molecule has 90 valence electrons. The molecule has 0 heterocycles. The van der Waals surface area contributed by atoms with Gasteiger partial charge in [-0.2, -0.15) is 5.26 Å². The quantitative estimate of drug-likeness (QED) is 0.918. The zero-order valence-electron chi connectivity index (χ0n) is 9.37. The van der Waals surface area contributed by atoms with Crippen molar-refractivity contribution in [2.24, 2.45) is 0 Å². The molecule has 0 aliphatic rings. The summed E-state index contributed by atoms with van der Waals surface area (Å²) < 4.78 is 26.5. The van der Waals surface area contributed by atoms with Crippen LogP contribution in [0.3, 0.4) is 0 Å². The number of rotatable bonds is 3. The topological polar surface area (TPSA) is 70.0 Å². The van der Waals surface area contributed by atoms with Crippen LogP contribution in [0, 0.1) is 11.3 Å². The number of hydrogen-bond donors (Lipinski definition) is 1. The fraction of sp³-hybridized carbons (Fsp3) is 0. The molecule has 0 bridgehead atoms. The summed E-state index contributed by atoms with van der Waals surface area (Å²) in [5, 5.41) is 8.65. The second kappa shape index (κ2) is 4.90. The fourth-order valence-electron chi connectivity index (χ4n) is 1.43. The van der Waals surface area contributed by atoms with Crippen LogP contribution in [0.2, 0.25) is 0 Å². The van der Waals surface area contributed by atoms with E-state index in [1.54, 1.807) is 30.3 Å². The first-order chi connectivity index (χ1) is 8.62. The predicted molar refractivity (Wildman–Crippen MR) is 68.4 cm³/mol. The van der Waals surface area contributed by atoms with Crippen LogP contribution in [0.15, 0.2) is 59.5 Å². The number of nitriles is 1. The summed E-state index contributed by atoms with van der Waals surface area (Å²) in [7, 11) is -3.60. The second-order valence-electron chi connectivity index (χ2n) is 3.61. The van der Waals surface area contributed by atoms with Gasteiger partial charge in [0.2, 0.25) is 0 Å². The lowest BCUT2D eigenvalue weighted by atomic mass is 10.2. The number of hydrogen-bond acceptors (Lipinski definition) is 3. The van der Waals surface area contributed by atoms with Crippen molar-refractivity contribution in [2.75, 3.05) is 4.72 Å². The summed E-state index contributed by atoms with van der Waals surface area (Å²) in [4.78, 5) is 0.130. The Morgan fingerprint density at radius 3 is 2.11 bits per heavy atom. The highest BCUT2D eigenvalue weighted by molar-refractivity contribution is 7.92. The maximum atomic E-state index is 12.0. The summed E-state index contributed by atoms with van der Waals surface area (Å²) in [6.07, 6.45) is 0. The molecule has 1 N–H and O–H groups in total. The Kier molecular flexibility index (Phi) is 3.31. The number of nitrogens with zero attached hydrogens (tertiary/aromatic N) is 1. The first-order valence-electron chi connectivity index (χ1n) is 5.20. The third-order valence-electron chi connectivity index (χ3n) is 2.32. The van der Waals surface area contributed by atoms with Crippen molar-refractivity contribution in [1.29, 1.82) is 5.26 Å². The van der Waals surface area contributed by atoms with Crippen molar-refractivity contribution in [2.45, 2.75) is 4.90 Å². The molecule has 2 aromatic carbocycles. The highest BCUT2D eigenvalue weighted by Crippen LogP contribution is 2.15. The summed E-state index contributed by atoms with van der Waals surface area (Å²) >= 11 is 0. The summed E-state index contributed by atoms with van der Waals surface area (Å²) in [5.41, 5.74) is 0.926. The Morgan fingerprint density at radius 2 is 1.56 bits per heavy atom. The van der Waals surface area contributed by atoms with Crippen LogP contribution in [0.5, 0.6) is 0 Å². The molecule has 4 nitrogen and oxygen atoms in total. The SMILES string of the molecule is N#Cc1ccc(S(=O)(=O)Nc2ccccc2)cc1. The molecule has 0 amide bonds. The molecule has 18 heavy (non-hydrogen) atoms. The van der Waals surface area contributed by atoms with E-state index in [-0.39, 0.29) is 4.90 Å². The Bertz CT molecular complexity index is 671. The molecule has 0 fully saturated rings. The number of sulfonamides is 1. The van der Waals surface area contributed by atoms with Crippen molar-refractivity contribution >= 4 is 15.7 Å². The molecule has 5 heteroatoms. The highest BCUT2D eigenvalue weighted by Gasteiger charge is 2.13. The lowest BCUT2D eigenvalue weighted by molar-refractivity contribution is 0.601. The number of nitrogens with one attached hydrogen (secondary N) is 1. The average Bonchev–Trinajstić information content (AvgIpc) is 2.39. The molecule has 0 unspecified atom stereocenters. The molecule has 0 atom stereocenters. The standard InChI is InChI=1S/C13H10N2O2S/c14-10-11-6-8-13(9-7-11)18(16,17)15-12-4-2-1-3-5-12/h1-9,15H. The first kappa shape index (κ1) is 12.1. The van der Waals surface area contributed by atoms with Gasteiger partial charge in [-0.3, -0.25) is 4.72 Å². The molecule has 0 aliphatic heterocycles. The van der Waals surface area contributed by atoms with Crippen LogP contribution < -0.4 is 4.72 Å². The van der Waals surface area contributed by atoms with E-state index in [0.717, 1.165) is 0 Å². The number of anilines is 1. The van der Waals surface area contributed by atoms with Crippen LogP contribution in [0.25, 0.3) is 0 Å². The molecule has 0 spiro atoms. The first-order valence-corrected chi connectivity index (χ1v) is 6.68. The largest absolute Gasteiger partial charge is 0.280 e. The molecular weight excluding hydrogens is 248 g/mol. The third-order valence-corrected chi connectivity index (χ3v) is 3.72. The Hall–Kier alpha value is -2.32. The van der Waals surface area contributed by atoms with Crippen LogP contribution >= 0.6 is 0 Å². The van der Waals surface area contributed by atoms with Gasteiger partial charge < -0.3 is 0 Å². The van der Waals surface area contributed by atoms with E-state index < -0.39 is 10.0 Å². The normalized spacial score (nSPS) is 10.6. The molecule has 0 aliphatic carbocycles. The van der Waals surface area contributed by atoms with Crippen LogP contribution in [-0.4, -0.2) is 8.42 Å². The molecule has 0 aromatic heterocycles. The average molecular weight is 258 g/mol. The van der Waals surface area contributed by atoms with Gasteiger partial charge in [-0.1, -0.05) is 18.2 Å². The van der Waals surface area contributed by atoms with Gasteiger partial charge in [-0.05, 0) is 36.4 Å². The molecule has 0 radical (unpaired) electrons. The van der Waals surface area contributed by atoms with E-state index in [2.05, 4.69) is 4.72 Å². The fourth-order valence-corrected chi connectivity index (χ4v) is 2.49. The van der Waals surface area contributed by atoms with E-state index in [1.807, 2.05) is 6.07 Å². The zero-order valence-corrected chi connectivity index (χ0v) is 10.2. The van der Waals surface area contributed by atoms with E-state index in [4.69, 9.17) is 5.26 Å². The minimum Gasteiger partial charge on any atom is -0.280 e. The monoisotopic (exact) mass is 258 g/mol. The summed E-state index contributed by atoms with van der Waals surface area (Å²) in [6.45, 7) is 0. The molecule has 0 saturated heterocycles. The van der Waals surface area contributed by atoms with Gasteiger partial charge in [-0.15, -0.1) is 0 Å². The molecular formula is C13H10N2O2S. The van der Waals surface area contributed by atoms with Gasteiger partial charge in [-0.25, -0.2) is 8.42 Å². The lowest BCUT2D eigenvalue weighted by Crippen LogP contribution is -2.12. The Labute approximate surface area is 106 Å². The third kappa shape index (κ3) is 2.67. The Morgan fingerprint density at radius 1 is 0.944 bits per heavy atom. The van der Waals surface area contributed by atoms with Crippen molar-refractivity contribution in [1.82, 2.24) is 0 Å². The van der Waals surface area contributed by atoms with Crippen molar-refractivity contribution in [3.63, 3.8) is 0 Å². The van der Waals surface area contributed by atoms with Crippen LogP contribution in [-0.2, 0) is 10.0 Å². The number of benzene rings is 2. The summed E-state index contributed by atoms with van der Waals surface area (Å²) in [6, 6.07) is 16.3. The summed E-state index contributed by atoms with van der Waals surface area (Å²) in [5.74, 6) is 0. The van der Waals surface area contributed by atoms with Gasteiger partial charge >= 0.3 is 0 Å². The van der Waals surface area contributed by atoms with Crippen LogP contribution in [0.1, 0.15) is 5.56 Å². The van der Waals surface area contributed by atoms with E-state index in [0.29, 0.717) is 11.3 Å². The van der Waals surface area contributed by atoms with E-state index >= 15 is 0 Å². The molecule has 0 saturated carbocycles. The van der Waals surface area contributed by atoms with Gasteiger partial charge in [0, 0.05) is 5.69 Å². The molecule has 2 aromatic rings. The molecule has 2 rings (SSSR count). The van der Waals surface area contributed by atoms with Gasteiger partial charge in [0.15, 0.2) is 0 Å². The van der Waals surface area contributed by atoms with E-state index in [9.17, 15) is 8.42 Å². The van der Waals surface area contributed by atoms with Crippen molar-refractivity contribution < 1.29 is 8.42 Å². The predicted octanol–water partition coefficient (Wildman–Crippen LogP) is 2.36. The van der Waals surface area contributed by atoms with Crippen LogP contribution in [0.4, 0.5) is 5.69 Å². The lowest BCUT2D eigenvalue weighted by Gasteiger charge is -2.07. The number of para-hydroxylation sites is 1. The maximum Gasteiger partial charge on any atom is 0.261 e. The van der Waals surface area contributed by atoms with Crippen molar-refractivity contribution in [3.8, 4) is 6.07 Å². The highest BCUT2D eigenvalue weighted by atomic mass is 32.2. The smallest absolute Gasteiger partial charge is 0.261 e. The second-order valence-corrected chi connectivity index (χ2v) is 5.29. The zero-order chi connectivity index (χ0) is 13.0. The van der Waals surface area contributed by atoms with Gasteiger partial charge in [0.05, 0.1) is 16.5 Å². The Balaban J connectivity index is 2.29. The minimum absolute atomic E-state index is 0.130. The van der Waals surface area contributed by atoms with Gasteiger partial charge in [0.1, 0.15) is 0 Å². The van der Waals surface area contributed by atoms with Crippen molar-refractivity contribution in [3.05, 3.63) is 60.2 Å². The van der Waals surface area contributed by atoms with Gasteiger partial charge in [0.25, 0.3) is 10.0 Å². The maximum absolute atomic E-state index is 12.0. The minimum atomic E-state index is -3.60. The van der Waals surface area contributed by atoms with E-state index in [1.165, 1.54) is 24.3 Å².